The van der Waals surface area contributed by atoms with Gasteiger partial charge in [-0.05, 0) is 54.5 Å². The van der Waals surface area contributed by atoms with Crippen molar-refractivity contribution in [2.75, 3.05) is 18.2 Å². The normalized spacial score (nSPS) is 20.7. The Morgan fingerprint density at radius 1 is 1.21 bits per heavy atom. The lowest BCUT2D eigenvalue weighted by Gasteiger charge is -2.41. The van der Waals surface area contributed by atoms with Crippen LogP contribution in [0.2, 0.25) is 0 Å². The number of hydrogen-bond acceptors (Lipinski definition) is 5. The van der Waals surface area contributed by atoms with Gasteiger partial charge in [-0.1, -0.05) is 26.0 Å². The monoisotopic (exact) mass is 474 g/mol. The third kappa shape index (κ3) is 4.34. The number of nitrogens with one attached hydrogen (secondary N) is 1. The lowest BCUT2D eigenvalue weighted by molar-refractivity contribution is 0.334. The minimum Gasteiger partial charge on any atom is -0.358 e. The molecule has 0 amide bonds. The minimum absolute atomic E-state index is 0.167. The van der Waals surface area contributed by atoms with E-state index in [0.29, 0.717) is 17.7 Å². The predicted molar refractivity (Wildman–Crippen MR) is 122 cm³/mol. The molecule has 1 N–H and O–H groups in total. The summed E-state index contributed by atoms with van der Waals surface area (Å²) in [5.41, 5.74) is 3.82. The van der Waals surface area contributed by atoms with Crippen LogP contribution in [0.25, 0.3) is 0 Å². The van der Waals surface area contributed by atoms with E-state index in [1.807, 2.05) is 10.8 Å². The van der Waals surface area contributed by atoms with Crippen molar-refractivity contribution in [3.63, 3.8) is 0 Å². The van der Waals surface area contributed by atoms with Gasteiger partial charge in [-0.25, -0.2) is 21.9 Å². The standard InChI is InChI=1S/C24H28F2N4O2S/c1-15(2)16-6-8-20-21(13-27)24(30(23(20)10-16)18-4-3-5-18)22-9-7-19(14-28-22)33(31,32)29-17(11-25)12-26/h6-10,14-15,17-18,21,24,29H,3-5,11-12H2,1-2H3. The number of nitriles is 1. The molecular weight excluding hydrogens is 446 g/mol. The molecule has 6 nitrogen and oxygen atoms in total. The van der Waals surface area contributed by atoms with Gasteiger partial charge in [-0.3, -0.25) is 4.98 Å². The Morgan fingerprint density at radius 2 is 1.94 bits per heavy atom. The van der Waals surface area contributed by atoms with Crippen molar-refractivity contribution in [2.24, 2.45) is 0 Å². The van der Waals surface area contributed by atoms with Gasteiger partial charge in [-0.15, -0.1) is 0 Å². The van der Waals surface area contributed by atoms with Crippen LogP contribution in [0.4, 0.5) is 14.5 Å². The Balaban J connectivity index is 1.70. The van der Waals surface area contributed by atoms with Crippen LogP contribution in [0.15, 0.2) is 41.4 Å². The van der Waals surface area contributed by atoms with Crippen molar-refractivity contribution in [2.45, 2.75) is 68.0 Å². The lowest BCUT2D eigenvalue weighted by atomic mass is 9.88. The summed E-state index contributed by atoms with van der Waals surface area (Å²) >= 11 is 0. The van der Waals surface area contributed by atoms with Gasteiger partial charge in [0.05, 0.1) is 29.8 Å². The quantitative estimate of drug-likeness (QED) is 0.608. The SMILES string of the molecule is CC(C)c1ccc2c(c1)N(C1CCC1)C(c1ccc(S(=O)(=O)NC(CF)CF)cn1)C2C#N. The van der Waals surface area contributed by atoms with E-state index in [2.05, 4.69) is 41.9 Å². The van der Waals surface area contributed by atoms with E-state index in [0.717, 1.165) is 30.5 Å². The van der Waals surface area contributed by atoms with Crippen LogP contribution >= 0.6 is 0 Å². The highest BCUT2D eigenvalue weighted by molar-refractivity contribution is 7.89. The fourth-order valence-corrected chi connectivity index (χ4v) is 5.69. The fraction of sp³-hybridized carbons (Fsp3) is 0.500. The first-order chi connectivity index (χ1) is 15.8. The van der Waals surface area contributed by atoms with Gasteiger partial charge in [0.25, 0.3) is 0 Å². The highest BCUT2D eigenvalue weighted by Crippen LogP contribution is 2.52. The van der Waals surface area contributed by atoms with Crippen LogP contribution in [-0.4, -0.2) is 38.8 Å². The molecular formula is C24H28F2N4O2S. The molecule has 9 heteroatoms. The Labute approximate surface area is 193 Å². The van der Waals surface area contributed by atoms with E-state index in [4.69, 9.17) is 0 Å². The van der Waals surface area contributed by atoms with E-state index in [1.54, 1.807) is 6.07 Å². The molecule has 2 aromatic rings. The van der Waals surface area contributed by atoms with Crippen LogP contribution < -0.4 is 9.62 Å². The number of nitrogens with zero attached hydrogens (tertiary/aromatic N) is 3. The second-order valence-electron chi connectivity index (χ2n) is 9.06. The summed E-state index contributed by atoms with van der Waals surface area (Å²) in [5, 5.41) is 10.1. The molecule has 2 heterocycles. The second-order valence-corrected chi connectivity index (χ2v) is 10.8. The molecule has 33 heavy (non-hydrogen) atoms. The van der Waals surface area contributed by atoms with Crippen molar-refractivity contribution < 1.29 is 17.2 Å². The van der Waals surface area contributed by atoms with E-state index in [1.165, 1.54) is 17.8 Å². The van der Waals surface area contributed by atoms with Gasteiger partial charge < -0.3 is 4.90 Å². The largest absolute Gasteiger partial charge is 0.358 e. The van der Waals surface area contributed by atoms with E-state index >= 15 is 0 Å². The van der Waals surface area contributed by atoms with Gasteiger partial charge in [0.2, 0.25) is 10.0 Å². The molecule has 2 unspecified atom stereocenters. The van der Waals surface area contributed by atoms with Gasteiger partial charge in [0.1, 0.15) is 18.2 Å². The number of alkyl halides is 2. The summed E-state index contributed by atoms with van der Waals surface area (Å²) in [6, 6.07) is 10.2. The fourth-order valence-electron chi connectivity index (χ4n) is 4.55. The molecule has 1 aliphatic carbocycles. The van der Waals surface area contributed by atoms with Crippen molar-refractivity contribution >= 4 is 15.7 Å². The van der Waals surface area contributed by atoms with Crippen LogP contribution in [0, 0.1) is 11.3 Å². The maximum Gasteiger partial charge on any atom is 0.242 e. The van der Waals surface area contributed by atoms with Gasteiger partial charge >= 0.3 is 0 Å². The molecule has 1 aromatic heterocycles. The van der Waals surface area contributed by atoms with Crippen molar-refractivity contribution in [1.29, 1.82) is 5.26 Å². The molecule has 0 radical (unpaired) electrons. The summed E-state index contributed by atoms with van der Waals surface area (Å²) in [6.07, 6.45) is 4.39. The molecule has 1 aromatic carbocycles. The van der Waals surface area contributed by atoms with Crippen molar-refractivity contribution in [1.82, 2.24) is 9.71 Å². The number of hydrogen-bond donors (Lipinski definition) is 1. The summed E-state index contributed by atoms with van der Waals surface area (Å²) in [6.45, 7) is 1.99. The molecule has 1 aliphatic heterocycles. The van der Waals surface area contributed by atoms with E-state index in [-0.39, 0.29) is 10.9 Å². The predicted octanol–water partition coefficient (Wildman–Crippen LogP) is 4.51. The molecule has 0 spiro atoms. The topological polar surface area (TPSA) is 86.1 Å². The van der Waals surface area contributed by atoms with Crippen molar-refractivity contribution in [3.8, 4) is 6.07 Å². The molecule has 2 atom stereocenters. The minimum atomic E-state index is -4.11. The molecule has 2 aliphatic rings. The average molecular weight is 475 g/mol. The first-order valence-electron chi connectivity index (χ1n) is 11.2. The third-order valence-corrected chi connectivity index (χ3v) is 8.13. The zero-order valence-corrected chi connectivity index (χ0v) is 19.5. The molecule has 1 saturated carbocycles. The molecule has 176 valence electrons. The first kappa shape index (κ1) is 23.6. The van der Waals surface area contributed by atoms with Gasteiger partial charge in [0, 0.05) is 17.9 Å². The van der Waals surface area contributed by atoms with Crippen LogP contribution in [0.1, 0.15) is 67.8 Å². The smallest absolute Gasteiger partial charge is 0.242 e. The molecule has 4 rings (SSSR count). The van der Waals surface area contributed by atoms with Crippen LogP contribution in [0.3, 0.4) is 0 Å². The van der Waals surface area contributed by atoms with E-state index in [9.17, 15) is 22.5 Å². The highest BCUT2D eigenvalue weighted by atomic mass is 32.2. The Morgan fingerprint density at radius 3 is 2.45 bits per heavy atom. The van der Waals surface area contributed by atoms with Crippen molar-refractivity contribution in [3.05, 3.63) is 53.3 Å². The summed E-state index contributed by atoms with van der Waals surface area (Å²) in [4.78, 5) is 6.54. The Hall–Kier alpha value is -2.57. The third-order valence-electron chi connectivity index (χ3n) is 6.62. The Bertz CT molecular complexity index is 1140. The number of pyridine rings is 1. The maximum atomic E-state index is 12.8. The summed E-state index contributed by atoms with van der Waals surface area (Å²) in [5.74, 6) is -0.0805. The van der Waals surface area contributed by atoms with Crippen LogP contribution in [-0.2, 0) is 10.0 Å². The highest BCUT2D eigenvalue weighted by Gasteiger charge is 2.45. The second kappa shape index (κ2) is 9.35. The number of halogens is 2. The summed E-state index contributed by atoms with van der Waals surface area (Å²) in [7, 11) is -4.11. The maximum absolute atomic E-state index is 12.8. The number of sulfonamides is 1. The first-order valence-corrected chi connectivity index (χ1v) is 12.7. The molecule has 1 fully saturated rings. The zero-order chi connectivity index (χ0) is 23.8. The summed E-state index contributed by atoms with van der Waals surface area (Å²) < 4.78 is 52.6. The van der Waals surface area contributed by atoms with E-state index < -0.39 is 35.3 Å². The number of aromatic nitrogens is 1. The molecule has 0 saturated heterocycles. The lowest BCUT2D eigenvalue weighted by Crippen LogP contribution is -2.41. The number of benzene rings is 1. The number of anilines is 1. The Kier molecular flexibility index (Phi) is 6.68. The number of rotatable bonds is 8. The molecule has 0 bridgehead atoms. The van der Waals surface area contributed by atoms with Crippen LogP contribution in [0.5, 0.6) is 0 Å². The van der Waals surface area contributed by atoms with Gasteiger partial charge in [-0.2, -0.15) is 5.26 Å². The number of fused-ring (bicyclic) bond motifs is 1. The average Bonchev–Trinajstić information content (AvgIpc) is 3.09. The zero-order valence-electron chi connectivity index (χ0n) is 18.7. The van der Waals surface area contributed by atoms with Gasteiger partial charge in [0.15, 0.2) is 0 Å².